The van der Waals surface area contributed by atoms with Crippen molar-refractivity contribution in [2.24, 2.45) is 0 Å². The Morgan fingerprint density at radius 2 is 1.91 bits per heavy atom. The molecule has 22 heavy (non-hydrogen) atoms. The first-order valence-corrected chi connectivity index (χ1v) is 7.78. The number of carbonyl (C=O) groups is 2. The summed E-state index contributed by atoms with van der Waals surface area (Å²) in [6, 6.07) is 5.74. The molecular formula is C14H15N5O2S. The maximum Gasteiger partial charge on any atom is 0.315 e. The number of amides is 2. The zero-order valence-corrected chi connectivity index (χ0v) is 12.6. The van der Waals surface area contributed by atoms with Gasteiger partial charge in [-0.25, -0.2) is 9.97 Å². The third-order valence-corrected chi connectivity index (χ3v) is 4.08. The van der Waals surface area contributed by atoms with E-state index in [1.54, 1.807) is 22.7 Å². The molecule has 1 aliphatic rings. The first-order chi connectivity index (χ1) is 10.7. The summed E-state index contributed by atoms with van der Waals surface area (Å²) in [5.41, 5.74) is 0. The fourth-order valence-electron chi connectivity index (χ4n) is 2.26. The molecule has 1 N–H and O–H groups in total. The summed E-state index contributed by atoms with van der Waals surface area (Å²) in [5.74, 6) is -0.265. The minimum Gasteiger partial charge on any atom is -0.353 e. The van der Waals surface area contributed by atoms with Crippen LogP contribution in [0.5, 0.6) is 0 Å². The number of nitrogens with zero attached hydrogens (tertiary/aromatic N) is 4. The van der Waals surface area contributed by atoms with Crippen LogP contribution in [0.2, 0.25) is 0 Å². The summed E-state index contributed by atoms with van der Waals surface area (Å²) in [6.45, 7) is 2.32. The molecule has 0 radical (unpaired) electrons. The zero-order valence-electron chi connectivity index (χ0n) is 11.8. The lowest BCUT2D eigenvalue weighted by atomic mass is 10.3. The minimum absolute atomic E-state index is 0.436. The number of piperazine rings is 1. The van der Waals surface area contributed by atoms with Gasteiger partial charge in [0.2, 0.25) is 0 Å². The molecular weight excluding hydrogens is 302 g/mol. The number of thiazole rings is 1. The Bertz CT molecular complexity index is 639. The predicted molar refractivity (Wildman–Crippen MR) is 83.8 cm³/mol. The summed E-state index contributed by atoms with van der Waals surface area (Å²) in [4.78, 5) is 35.9. The maximum atomic E-state index is 12.1. The van der Waals surface area contributed by atoms with E-state index in [1.165, 1.54) is 11.3 Å². The molecule has 0 atom stereocenters. The van der Waals surface area contributed by atoms with E-state index < -0.39 is 11.8 Å². The molecule has 3 heterocycles. The molecule has 0 spiro atoms. The summed E-state index contributed by atoms with van der Waals surface area (Å²) >= 11 is 1.28. The molecule has 2 aromatic rings. The predicted octanol–water partition coefficient (Wildman–Crippen LogP) is 0.825. The third kappa shape index (κ3) is 3.22. The minimum atomic E-state index is -0.638. The third-order valence-electron chi connectivity index (χ3n) is 3.39. The number of carbonyl (C=O) groups excluding carboxylic acids is 2. The Morgan fingerprint density at radius 1 is 1.09 bits per heavy atom. The smallest absolute Gasteiger partial charge is 0.315 e. The second kappa shape index (κ2) is 6.52. The molecule has 114 valence electrons. The van der Waals surface area contributed by atoms with E-state index in [1.807, 2.05) is 18.2 Å². The van der Waals surface area contributed by atoms with Crippen molar-refractivity contribution < 1.29 is 9.59 Å². The standard InChI is InChI=1S/C14H15N5O2S/c20-12(17-14-16-5-10-22-14)13(21)19-8-6-18(7-9-19)11-3-1-2-4-15-11/h1-5,10H,6-9H2,(H,16,17,20). The van der Waals surface area contributed by atoms with Gasteiger partial charge in [0.15, 0.2) is 5.13 Å². The van der Waals surface area contributed by atoms with Gasteiger partial charge in [0.1, 0.15) is 5.82 Å². The molecule has 1 fully saturated rings. The summed E-state index contributed by atoms with van der Waals surface area (Å²) in [5, 5.41) is 4.69. The van der Waals surface area contributed by atoms with Crippen molar-refractivity contribution in [3.8, 4) is 0 Å². The lowest BCUT2D eigenvalue weighted by Gasteiger charge is -2.34. The quantitative estimate of drug-likeness (QED) is 0.830. The Morgan fingerprint density at radius 3 is 2.55 bits per heavy atom. The largest absolute Gasteiger partial charge is 0.353 e. The molecule has 0 saturated carbocycles. The van der Waals surface area contributed by atoms with Crippen LogP contribution < -0.4 is 10.2 Å². The molecule has 8 heteroatoms. The van der Waals surface area contributed by atoms with E-state index in [4.69, 9.17) is 0 Å². The monoisotopic (exact) mass is 317 g/mol. The van der Waals surface area contributed by atoms with Crippen molar-refractivity contribution in [3.63, 3.8) is 0 Å². The van der Waals surface area contributed by atoms with Gasteiger partial charge in [0, 0.05) is 44.0 Å². The number of hydrogen-bond acceptors (Lipinski definition) is 6. The highest BCUT2D eigenvalue weighted by Crippen LogP contribution is 2.14. The van der Waals surface area contributed by atoms with Crippen molar-refractivity contribution in [1.29, 1.82) is 0 Å². The van der Waals surface area contributed by atoms with Crippen LogP contribution in [0.1, 0.15) is 0 Å². The number of hydrogen-bond donors (Lipinski definition) is 1. The van der Waals surface area contributed by atoms with Gasteiger partial charge in [-0.1, -0.05) is 6.07 Å². The number of pyridine rings is 1. The highest BCUT2D eigenvalue weighted by molar-refractivity contribution is 7.13. The Kier molecular flexibility index (Phi) is 4.29. The topological polar surface area (TPSA) is 78.4 Å². The van der Waals surface area contributed by atoms with Gasteiger partial charge in [-0.05, 0) is 12.1 Å². The van der Waals surface area contributed by atoms with Crippen molar-refractivity contribution in [2.75, 3.05) is 36.4 Å². The summed E-state index contributed by atoms with van der Waals surface area (Å²) in [7, 11) is 0. The number of aromatic nitrogens is 2. The molecule has 3 rings (SSSR count). The van der Waals surface area contributed by atoms with E-state index in [0.717, 1.165) is 5.82 Å². The first kappa shape index (κ1) is 14.5. The van der Waals surface area contributed by atoms with Gasteiger partial charge >= 0.3 is 11.8 Å². The molecule has 2 amide bonds. The van der Waals surface area contributed by atoms with Crippen LogP contribution in [0.15, 0.2) is 36.0 Å². The van der Waals surface area contributed by atoms with Crippen molar-refractivity contribution in [1.82, 2.24) is 14.9 Å². The molecule has 1 saturated heterocycles. The second-order valence-electron chi connectivity index (χ2n) is 4.76. The van der Waals surface area contributed by atoms with Crippen LogP contribution in [0.25, 0.3) is 0 Å². The zero-order chi connectivity index (χ0) is 15.4. The molecule has 0 bridgehead atoms. The van der Waals surface area contributed by atoms with Crippen LogP contribution in [-0.4, -0.2) is 52.9 Å². The Balaban J connectivity index is 1.54. The molecule has 0 unspecified atom stereocenters. The molecule has 1 aliphatic heterocycles. The first-order valence-electron chi connectivity index (χ1n) is 6.90. The Hall–Kier alpha value is -2.48. The van der Waals surface area contributed by atoms with Gasteiger partial charge in [0.25, 0.3) is 0 Å². The van der Waals surface area contributed by atoms with E-state index in [2.05, 4.69) is 20.2 Å². The fourth-order valence-corrected chi connectivity index (χ4v) is 2.78. The van der Waals surface area contributed by atoms with E-state index in [9.17, 15) is 9.59 Å². The van der Waals surface area contributed by atoms with Crippen molar-refractivity contribution in [3.05, 3.63) is 36.0 Å². The number of rotatable bonds is 2. The van der Waals surface area contributed by atoms with Crippen molar-refractivity contribution in [2.45, 2.75) is 0 Å². The van der Waals surface area contributed by atoms with E-state index >= 15 is 0 Å². The summed E-state index contributed by atoms with van der Waals surface area (Å²) in [6.07, 6.45) is 3.32. The molecule has 0 aliphatic carbocycles. The van der Waals surface area contributed by atoms with E-state index in [0.29, 0.717) is 31.3 Å². The maximum absolute atomic E-state index is 12.1. The fraction of sp³-hybridized carbons (Fsp3) is 0.286. The van der Waals surface area contributed by atoms with Crippen LogP contribution in [0.3, 0.4) is 0 Å². The number of nitrogens with one attached hydrogen (secondary N) is 1. The van der Waals surface area contributed by atoms with Crippen LogP contribution in [0, 0.1) is 0 Å². The van der Waals surface area contributed by atoms with Gasteiger partial charge < -0.3 is 9.80 Å². The second-order valence-corrected chi connectivity index (χ2v) is 5.65. The van der Waals surface area contributed by atoms with Gasteiger partial charge in [-0.15, -0.1) is 11.3 Å². The lowest BCUT2D eigenvalue weighted by molar-refractivity contribution is -0.143. The summed E-state index contributed by atoms with van der Waals surface area (Å²) < 4.78 is 0. The molecule has 2 aromatic heterocycles. The molecule has 7 nitrogen and oxygen atoms in total. The number of anilines is 2. The lowest BCUT2D eigenvalue weighted by Crippen LogP contribution is -2.51. The Labute approximate surface area is 131 Å². The van der Waals surface area contributed by atoms with Gasteiger partial charge in [-0.3, -0.25) is 14.9 Å². The van der Waals surface area contributed by atoms with Gasteiger partial charge in [-0.2, -0.15) is 0 Å². The van der Waals surface area contributed by atoms with Crippen LogP contribution in [0.4, 0.5) is 10.9 Å². The highest BCUT2D eigenvalue weighted by Gasteiger charge is 2.26. The van der Waals surface area contributed by atoms with Crippen LogP contribution >= 0.6 is 11.3 Å². The normalized spacial score (nSPS) is 14.7. The average Bonchev–Trinajstić information content (AvgIpc) is 3.08. The van der Waals surface area contributed by atoms with E-state index in [-0.39, 0.29) is 0 Å². The van der Waals surface area contributed by atoms with Crippen molar-refractivity contribution >= 4 is 34.1 Å². The SMILES string of the molecule is O=C(Nc1nccs1)C(=O)N1CCN(c2ccccn2)CC1. The molecule has 0 aromatic carbocycles. The van der Waals surface area contributed by atoms with Crippen LogP contribution in [-0.2, 0) is 9.59 Å². The average molecular weight is 317 g/mol. The highest BCUT2D eigenvalue weighted by atomic mass is 32.1. The van der Waals surface area contributed by atoms with Gasteiger partial charge in [0.05, 0.1) is 0 Å².